The van der Waals surface area contributed by atoms with E-state index in [1.165, 1.54) is 5.56 Å². The summed E-state index contributed by atoms with van der Waals surface area (Å²) < 4.78 is 0. The highest BCUT2D eigenvalue weighted by molar-refractivity contribution is 5.85. The van der Waals surface area contributed by atoms with Crippen LogP contribution in [0.4, 0.5) is 5.82 Å². The number of halogens is 1. The molecule has 0 spiro atoms. The molecule has 2 nitrogen and oxygen atoms in total. The molecule has 0 aromatic carbocycles. The third-order valence-electron chi connectivity index (χ3n) is 1.39. The van der Waals surface area contributed by atoms with Gasteiger partial charge < -0.3 is 5.73 Å². The maximum absolute atomic E-state index is 5.41. The Labute approximate surface area is 73.2 Å². The van der Waals surface area contributed by atoms with Gasteiger partial charge in [-0.05, 0) is 18.1 Å². The van der Waals surface area contributed by atoms with Gasteiger partial charge in [-0.2, -0.15) is 0 Å². The Morgan fingerprint density at radius 3 is 2.64 bits per heavy atom. The molecule has 1 aromatic rings. The van der Waals surface area contributed by atoms with E-state index in [0.717, 1.165) is 12.8 Å². The Morgan fingerprint density at radius 2 is 2.18 bits per heavy atom. The van der Waals surface area contributed by atoms with E-state index in [-0.39, 0.29) is 12.4 Å². The van der Waals surface area contributed by atoms with Crippen LogP contribution in [0.5, 0.6) is 0 Å². The van der Waals surface area contributed by atoms with E-state index in [4.69, 9.17) is 5.73 Å². The normalized spacial score (nSPS) is 8.82. The molecule has 1 aromatic heterocycles. The minimum Gasteiger partial charge on any atom is -0.384 e. The first-order valence-electron chi connectivity index (χ1n) is 3.53. The van der Waals surface area contributed by atoms with E-state index >= 15 is 0 Å². The Morgan fingerprint density at radius 1 is 1.45 bits per heavy atom. The minimum absolute atomic E-state index is 0. The van der Waals surface area contributed by atoms with Crippen molar-refractivity contribution in [2.45, 2.75) is 19.8 Å². The lowest BCUT2D eigenvalue weighted by Crippen LogP contribution is -1.90. The summed E-state index contributed by atoms with van der Waals surface area (Å²) in [5, 5.41) is 0. The summed E-state index contributed by atoms with van der Waals surface area (Å²) in [4.78, 5) is 3.98. The maximum Gasteiger partial charge on any atom is 0.123 e. The van der Waals surface area contributed by atoms with Crippen LogP contribution in [0.3, 0.4) is 0 Å². The fourth-order valence-electron chi connectivity index (χ4n) is 0.872. The third-order valence-corrected chi connectivity index (χ3v) is 1.39. The molecule has 3 heteroatoms. The highest BCUT2D eigenvalue weighted by Gasteiger charge is 1.89. The van der Waals surface area contributed by atoms with E-state index in [1.54, 1.807) is 0 Å². The van der Waals surface area contributed by atoms with Gasteiger partial charge in [0, 0.05) is 6.20 Å². The summed E-state index contributed by atoms with van der Waals surface area (Å²) in [5.41, 5.74) is 6.67. The van der Waals surface area contributed by atoms with Crippen LogP contribution in [0, 0.1) is 0 Å². The van der Waals surface area contributed by atoms with Crippen LogP contribution in [0.15, 0.2) is 18.3 Å². The predicted molar refractivity (Wildman–Crippen MR) is 49.9 cm³/mol. The molecular formula is C8H13ClN2. The summed E-state index contributed by atoms with van der Waals surface area (Å²) in [7, 11) is 0. The van der Waals surface area contributed by atoms with Gasteiger partial charge in [0.05, 0.1) is 0 Å². The number of rotatable bonds is 2. The molecule has 0 aliphatic heterocycles. The van der Waals surface area contributed by atoms with E-state index in [9.17, 15) is 0 Å². The second-order valence-electron chi connectivity index (χ2n) is 2.34. The van der Waals surface area contributed by atoms with E-state index in [1.807, 2.05) is 18.3 Å². The van der Waals surface area contributed by atoms with Gasteiger partial charge in [-0.1, -0.05) is 19.4 Å². The molecule has 0 bridgehead atoms. The zero-order chi connectivity index (χ0) is 7.40. The Kier molecular flexibility index (Phi) is 4.62. The fraction of sp³-hybridized carbons (Fsp3) is 0.375. The number of aryl methyl sites for hydroxylation is 1. The molecule has 1 heterocycles. The lowest BCUT2D eigenvalue weighted by atomic mass is 10.2. The zero-order valence-electron chi connectivity index (χ0n) is 6.58. The molecule has 0 amide bonds. The van der Waals surface area contributed by atoms with Crippen molar-refractivity contribution in [3.8, 4) is 0 Å². The van der Waals surface area contributed by atoms with E-state index in [0.29, 0.717) is 5.82 Å². The molecule has 0 fully saturated rings. The molecule has 11 heavy (non-hydrogen) atoms. The number of nitrogen functional groups attached to an aromatic ring is 1. The number of hydrogen-bond acceptors (Lipinski definition) is 2. The summed E-state index contributed by atoms with van der Waals surface area (Å²) in [5.74, 6) is 0.597. The van der Waals surface area contributed by atoms with Crippen LogP contribution in [0.25, 0.3) is 0 Å². The Bertz CT molecular complexity index is 196. The van der Waals surface area contributed by atoms with Crippen LogP contribution < -0.4 is 5.73 Å². The fourth-order valence-corrected chi connectivity index (χ4v) is 0.872. The average Bonchev–Trinajstić information content (AvgIpc) is 1.95. The highest BCUT2D eigenvalue weighted by Crippen LogP contribution is 2.02. The van der Waals surface area contributed by atoms with Crippen molar-refractivity contribution in [3.05, 3.63) is 23.9 Å². The summed E-state index contributed by atoms with van der Waals surface area (Å²) in [6, 6.07) is 3.86. The molecule has 0 unspecified atom stereocenters. The predicted octanol–water partition coefficient (Wildman–Crippen LogP) is 2.04. The molecule has 0 saturated carbocycles. The van der Waals surface area contributed by atoms with Crippen LogP contribution in [-0.4, -0.2) is 4.98 Å². The zero-order valence-corrected chi connectivity index (χ0v) is 7.40. The van der Waals surface area contributed by atoms with Gasteiger partial charge in [0.1, 0.15) is 5.82 Å². The number of nitrogens with zero attached hydrogens (tertiary/aromatic N) is 1. The quantitative estimate of drug-likeness (QED) is 0.742. The largest absolute Gasteiger partial charge is 0.384 e. The van der Waals surface area contributed by atoms with Crippen molar-refractivity contribution < 1.29 is 0 Å². The Hall–Kier alpha value is -0.760. The van der Waals surface area contributed by atoms with Crippen molar-refractivity contribution in [3.63, 3.8) is 0 Å². The van der Waals surface area contributed by atoms with Crippen LogP contribution in [0.1, 0.15) is 18.9 Å². The molecule has 62 valence electrons. The summed E-state index contributed by atoms with van der Waals surface area (Å²) in [6.45, 7) is 2.15. The van der Waals surface area contributed by atoms with Crippen molar-refractivity contribution in [2.75, 3.05) is 5.73 Å². The molecule has 0 aliphatic carbocycles. The van der Waals surface area contributed by atoms with Crippen molar-refractivity contribution in [2.24, 2.45) is 0 Å². The smallest absolute Gasteiger partial charge is 0.123 e. The lowest BCUT2D eigenvalue weighted by molar-refractivity contribution is 0.914. The van der Waals surface area contributed by atoms with Gasteiger partial charge in [0.2, 0.25) is 0 Å². The van der Waals surface area contributed by atoms with Gasteiger partial charge in [-0.15, -0.1) is 12.4 Å². The molecular weight excluding hydrogens is 160 g/mol. The molecule has 0 aliphatic rings. The third kappa shape index (κ3) is 3.23. The SMILES string of the molecule is CCCc1ccc(N)nc1.Cl. The summed E-state index contributed by atoms with van der Waals surface area (Å²) in [6.07, 6.45) is 4.08. The number of nitrogens with two attached hydrogens (primary N) is 1. The van der Waals surface area contributed by atoms with E-state index in [2.05, 4.69) is 11.9 Å². The first kappa shape index (κ1) is 10.2. The number of anilines is 1. The van der Waals surface area contributed by atoms with Gasteiger partial charge in [0.15, 0.2) is 0 Å². The topological polar surface area (TPSA) is 38.9 Å². The van der Waals surface area contributed by atoms with Crippen LogP contribution in [-0.2, 0) is 6.42 Å². The van der Waals surface area contributed by atoms with Gasteiger partial charge in [-0.3, -0.25) is 0 Å². The lowest BCUT2D eigenvalue weighted by Gasteiger charge is -1.96. The van der Waals surface area contributed by atoms with Crippen molar-refractivity contribution in [1.82, 2.24) is 4.98 Å². The van der Waals surface area contributed by atoms with Crippen molar-refractivity contribution in [1.29, 1.82) is 0 Å². The van der Waals surface area contributed by atoms with Crippen molar-refractivity contribution >= 4 is 18.2 Å². The number of pyridine rings is 1. The maximum atomic E-state index is 5.41. The Balaban J connectivity index is 0.000001000. The van der Waals surface area contributed by atoms with Crippen LogP contribution in [0.2, 0.25) is 0 Å². The second kappa shape index (κ2) is 4.97. The number of aromatic nitrogens is 1. The van der Waals surface area contributed by atoms with E-state index < -0.39 is 0 Å². The first-order chi connectivity index (χ1) is 4.83. The minimum atomic E-state index is 0. The molecule has 1 rings (SSSR count). The molecule has 0 radical (unpaired) electrons. The van der Waals surface area contributed by atoms with Crippen LogP contribution >= 0.6 is 12.4 Å². The van der Waals surface area contributed by atoms with Gasteiger partial charge >= 0.3 is 0 Å². The average molecular weight is 173 g/mol. The molecule has 0 saturated heterocycles. The number of hydrogen-bond donors (Lipinski definition) is 1. The second-order valence-corrected chi connectivity index (χ2v) is 2.34. The van der Waals surface area contributed by atoms with Gasteiger partial charge in [0.25, 0.3) is 0 Å². The van der Waals surface area contributed by atoms with Gasteiger partial charge in [-0.25, -0.2) is 4.98 Å². The molecule has 0 atom stereocenters. The highest BCUT2D eigenvalue weighted by atomic mass is 35.5. The summed E-state index contributed by atoms with van der Waals surface area (Å²) >= 11 is 0. The monoisotopic (exact) mass is 172 g/mol. The first-order valence-corrected chi connectivity index (χ1v) is 3.53. The standard InChI is InChI=1S/C8H12N2.ClH/c1-2-3-7-4-5-8(9)10-6-7;/h4-6H,2-3H2,1H3,(H2,9,10);1H. The molecule has 2 N–H and O–H groups in total.